The van der Waals surface area contributed by atoms with Crippen molar-refractivity contribution in [2.45, 2.75) is 82.0 Å². The molecule has 69 heavy (non-hydrogen) atoms. The van der Waals surface area contributed by atoms with Crippen molar-refractivity contribution >= 4 is 11.9 Å². The first-order chi connectivity index (χ1) is 33.9. The third-order valence-electron chi connectivity index (χ3n) is 12.1. The summed E-state index contributed by atoms with van der Waals surface area (Å²) in [5.74, 6) is -1.91. The molecule has 0 spiro atoms. The Morgan fingerprint density at radius 3 is 1.28 bits per heavy atom. The fourth-order valence-corrected chi connectivity index (χ4v) is 8.41. The van der Waals surface area contributed by atoms with E-state index >= 15 is 0 Å². The molecule has 6 aromatic rings. The predicted molar refractivity (Wildman–Crippen MR) is 258 cm³/mol. The molecule has 0 aromatic heterocycles. The molecule has 9 atom stereocenters. The van der Waals surface area contributed by atoms with E-state index in [-0.39, 0.29) is 44.2 Å². The molecule has 1 fully saturated rings. The van der Waals surface area contributed by atoms with Gasteiger partial charge in [0.1, 0.15) is 43.7 Å². The summed E-state index contributed by atoms with van der Waals surface area (Å²) in [5, 5.41) is 0. The molecule has 358 valence electrons. The van der Waals surface area contributed by atoms with E-state index in [9.17, 15) is 9.59 Å². The van der Waals surface area contributed by atoms with Gasteiger partial charge in [-0.25, -0.2) is 9.59 Å². The van der Waals surface area contributed by atoms with Crippen LogP contribution in [0.4, 0.5) is 0 Å². The zero-order chi connectivity index (χ0) is 47.6. The summed E-state index contributed by atoms with van der Waals surface area (Å²) in [4.78, 5) is 28.0. The topological polar surface area (TPSA) is 143 Å². The quantitative estimate of drug-likeness (QED) is 0.0514. The number of carbonyl (C=O) groups is 2. The number of esters is 2. The van der Waals surface area contributed by atoms with Crippen molar-refractivity contribution in [1.82, 2.24) is 0 Å². The van der Waals surface area contributed by atoms with E-state index in [1.807, 2.05) is 164 Å². The first-order valence-corrected chi connectivity index (χ1v) is 23.3. The number of hydrogen-bond acceptors (Lipinski definition) is 12. The van der Waals surface area contributed by atoms with Gasteiger partial charge in [-0.3, -0.25) is 0 Å². The number of carbonyl (C=O) groups excluding carboxylic acids is 2. The van der Waals surface area contributed by atoms with Gasteiger partial charge in [0.05, 0.1) is 56.3 Å². The van der Waals surface area contributed by atoms with Crippen LogP contribution in [0.3, 0.4) is 0 Å². The van der Waals surface area contributed by atoms with E-state index in [0.717, 1.165) is 27.8 Å². The summed E-state index contributed by atoms with van der Waals surface area (Å²) in [6, 6.07) is 54.7. The fraction of sp³-hybridized carbons (Fsp3) is 0.298. The monoisotopic (exact) mass is 933 g/mol. The number of rotatable bonds is 22. The molecule has 0 amide bonds. The molecule has 2 N–H and O–H groups in total. The van der Waals surface area contributed by atoms with Crippen LogP contribution in [0.2, 0.25) is 0 Å². The minimum absolute atomic E-state index is 0.0191. The highest BCUT2D eigenvalue weighted by molar-refractivity contribution is 6.03. The van der Waals surface area contributed by atoms with E-state index in [1.165, 1.54) is 19.2 Å². The average molecular weight is 934 g/mol. The van der Waals surface area contributed by atoms with E-state index in [2.05, 4.69) is 0 Å². The Hall–Kier alpha value is -6.32. The highest BCUT2D eigenvalue weighted by atomic mass is 16.7. The highest BCUT2D eigenvalue weighted by Crippen LogP contribution is 2.31. The summed E-state index contributed by atoms with van der Waals surface area (Å²) < 4.78 is 56.7. The predicted octanol–water partition coefficient (Wildman–Crippen LogP) is 8.81. The second-order valence-electron chi connectivity index (χ2n) is 17.0. The molecule has 0 saturated carbocycles. The maximum Gasteiger partial charge on any atom is 0.339 e. The van der Waals surface area contributed by atoms with Crippen LogP contribution in [0.15, 0.2) is 188 Å². The van der Waals surface area contributed by atoms with Crippen LogP contribution in [-0.4, -0.2) is 81.2 Å². The summed E-state index contributed by atoms with van der Waals surface area (Å²) in [6.07, 6.45) is -0.902. The maximum absolute atomic E-state index is 14.0. The van der Waals surface area contributed by atoms with Crippen molar-refractivity contribution in [1.29, 1.82) is 0 Å². The van der Waals surface area contributed by atoms with Crippen LogP contribution in [0.1, 0.15) is 48.5 Å². The summed E-state index contributed by atoms with van der Waals surface area (Å²) >= 11 is 0. The molecule has 12 heteroatoms. The first kappa shape index (κ1) is 49.1. The molecular formula is C57H59NO11. The molecule has 12 nitrogen and oxygen atoms in total. The lowest BCUT2D eigenvalue weighted by molar-refractivity contribution is -0.289. The number of benzene rings is 6. The molecule has 8 rings (SSSR count). The second-order valence-corrected chi connectivity index (χ2v) is 17.0. The average Bonchev–Trinajstić information content (AvgIpc) is 3.41. The fourth-order valence-electron chi connectivity index (χ4n) is 8.41. The van der Waals surface area contributed by atoms with Crippen LogP contribution in [0, 0.1) is 5.92 Å². The lowest BCUT2D eigenvalue weighted by atomic mass is 9.88. The van der Waals surface area contributed by atoms with Gasteiger partial charge in [-0.05, 0) is 39.9 Å². The van der Waals surface area contributed by atoms with Gasteiger partial charge in [0.25, 0.3) is 0 Å². The van der Waals surface area contributed by atoms with Crippen molar-refractivity contribution < 1.29 is 52.2 Å². The van der Waals surface area contributed by atoms with E-state index in [0.29, 0.717) is 13.2 Å². The Morgan fingerprint density at radius 2 is 0.826 bits per heavy atom. The van der Waals surface area contributed by atoms with Crippen molar-refractivity contribution in [3.8, 4) is 0 Å². The third-order valence-corrected chi connectivity index (χ3v) is 12.1. The standard InChI is InChI=1S/C57H59NO11/c1-61-57-54(66-37-44-27-15-6-16-28-44)53(65-36-43-25-13-5-14-26-43)50(58)49(69-57)39-68-56(60)47-30-18-17-29-46(47)55(59)67-38-45-31-32-48(62-33-40-19-7-2-8-20-40)52(64-35-42-23-11-4-12-24-42)51(45)63-34-41-21-9-3-10-22-41/h2-32,45,48-54,57H,33-39,58H2,1H3/t45-,48-,49+,50+,51+,52+,53-,54+,57+/m0/s1. The Labute approximate surface area is 403 Å². The summed E-state index contributed by atoms with van der Waals surface area (Å²) in [5.41, 5.74) is 11.8. The van der Waals surface area contributed by atoms with Crippen LogP contribution in [0.5, 0.6) is 0 Å². The molecule has 0 bridgehead atoms. The minimum Gasteiger partial charge on any atom is -0.461 e. The van der Waals surface area contributed by atoms with E-state index in [1.54, 1.807) is 12.1 Å². The van der Waals surface area contributed by atoms with Gasteiger partial charge in [-0.1, -0.05) is 176 Å². The SMILES string of the molecule is CO[C@@H]1O[C@H](COC(=O)c2ccccc2C(=O)OC[C@@H]2C=C[C@H](OCc3ccccc3)[C@@H](OCc3ccccc3)[C@@H]2OCc2ccccc2)[C@@H](N)[C@H](OCc2ccccc2)[C@H]1OCc1ccccc1. The maximum atomic E-state index is 14.0. The third kappa shape index (κ3) is 13.7. The van der Waals surface area contributed by atoms with Crippen molar-refractivity contribution in [2.75, 3.05) is 20.3 Å². The smallest absolute Gasteiger partial charge is 0.339 e. The van der Waals surface area contributed by atoms with E-state index < -0.39 is 66.8 Å². The summed E-state index contributed by atoms with van der Waals surface area (Å²) in [7, 11) is 1.51. The van der Waals surface area contributed by atoms with Crippen molar-refractivity contribution in [3.05, 3.63) is 227 Å². The molecular weight excluding hydrogens is 875 g/mol. The van der Waals surface area contributed by atoms with Gasteiger partial charge >= 0.3 is 11.9 Å². The first-order valence-electron chi connectivity index (χ1n) is 23.3. The van der Waals surface area contributed by atoms with Gasteiger partial charge in [-0.2, -0.15) is 0 Å². The van der Waals surface area contributed by atoms with Gasteiger partial charge in [0.2, 0.25) is 0 Å². The Bertz CT molecular complexity index is 2500. The molecule has 2 aliphatic rings. The number of nitrogens with two attached hydrogens (primary N) is 1. The lowest BCUT2D eigenvalue weighted by Crippen LogP contribution is -2.64. The van der Waals surface area contributed by atoms with Crippen LogP contribution in [-0.2, 0) is 75.7 Å². The lowest BCUT2D eigenvalue weighted by Gasteiger charge is -2.44. The second kappa shape index (κ2) is 25.3. The number of ether oxygens (including phenoxy) is 9. The Morgan fingerprint density at radius 1 is 0.449 bits per heavy atom. The van der Waals surface area contributed by atoms with Crippen LogP contribution >= 0.6 is 0 Å². The zero-order valence-electron chi connectivity index (χ0n) is 38.6. The zero-order valence-corrected chi connectivity index (χ0v) is 38.6. The minimum atomic E-state index is -0.899. The number of methoxy groups -OCH3 is 1. The van der Waals surface area contributed by atoms with Crippen molar-refractivity contribution in [3.63, 3.8) is 0 Å². The van der Waals surface area contributed by atoms with Gasteiger partial charge in [0.15, 0.2) is 6.29 Å². The molecule has 1 heterocycles. The molecule has 1 aliphatic carbocycles. The van der Waals surface area contributed by atoms with E-state index in [4.69, 9.17) is 48.4 Å². The van der Waals surface area contributed by atoms with Crippen molar-refractivity contribution in [2.24, 2.45) is 11.7 Å². The van der Waals surface area contributed by atoms with Gasteiger partial charge < -0.3 is 48.4 Å². The Balaban J connectivity index is 0.954. The molecule has 1 aliphatic heterocycles. The van der Waals surface area contributed by atoms with Gasteiger partial charge in [-0.15, -0.1) is 0 Å². The molecule has 0 radical (unpaired) electrons. The Kier molecular flexibility index (Phi) is 18.0. The molecule has 1 saturated heterocycles. The number of hydrogen-bond donors (Lipinski definition) is 1. The largest absolute Gasteiger partial charge is 0.461 e. The van der Waals surface area contributed by atoms with Crippen LogP contribution < -0.4 is 5.73 Å². The molecule has 0 unspecified atom stereocenters. The summed E-state index contributed by atoms with van der Waals surface area (Å²) in [6.45, 7) is 1.14. The highest BCUT2D eigenvalue weighted by Gasteiger charge is 2.47. The molecule has 6 aromatic carbocycles. The van der Waals surface area contributed by atoms with Crippen LogP contribution in [0.25, 0.3) is 0 Å². The normalized spacial score (nSPS) is 23.2. The van der Waals surface area contributed by atoms with Gasteiger partial charge in [0, 0.05) is 13.0 Å².